The van der Waals surface area contributed by atoms with Crippen LogP contribution in [-0.2, 0) is 4.74 Å². The SMILES string of the molecule is [NH2+]=C1C=CC(=C2C=C(c3ccccc3)OC(c3ccccc3)=C2)C=C1. The van der Waals surface area contributed by atoms with Crippen LogP contribution < -0.4 is 5.41 Å². The van der Waals surface area contributed by atoms with Crippen LogP contribution in [0.5, 0.6) is 0 Å². The Morgan fingerprint density at radius 1 is 0.560 bits per heavy atom. The van der Waals surface area contributed by atoms with Crippen LogP contribution >= 0.6 is 0 Å². The molecule has 0 saturated carbocycles. The predicted octanol–water partition coefficient (Wildman–Crippen LogP) is 3.72. The van der Waals surface area contributed by atoms with E-state index in [9.17, 15) is 0 Å². The Bertz CT molecular complexity index is 882. The minimum atomic E-state index is 0.760. The highest BCUT2D eigenvalue weighted by Gasteiger charge is 2.16. The van der Waals surface area contributed by atoms with Crippen LogP contribution in [0, 0.1) is 0 Å². The third kappa shape index (κ3) is 3.29. The lowest BCUT2D eigenvalue weighted by Gasteiger charge is -2.20. The molecule has 1 aliphatic carbocycles. The maximum atomic E-state index is 6.21. The van der Waals surface area contributed by atoms with Gasteiger partial charge in [0.2, 0.25) is 0 Å². The number of nitrogens with two attached hydrogens (primary N) is 1. The van der Waals surface area contributed by atoms with Gasteiger partial charge in [0.1, 0.15) is 11.5 Å². The molecular weight excluding hydrogens is 306 g/mol. The molecule has 2 N–H and O–H groups in total. The van der Waals surface area contributed by atoms with Crippen LogP contribution in [-0.4, -0.2) is 5.71 Å². The Labute approximate surface area is 147 Å². The Morgan fingerprint density at radius 2 is 1.04 bits per heavy atom. The summed E-state index contributed by atoms with van der Waals surface area (Å²) >= 11 is 0. The van der Waals surface area contributed by atoms with Crippen LogP contribution in [0.3, 0.4) is 0 Å². The summed E-state index contributed by atoms with van der Waals surface area (Å²) in [5.74, 6) is 1.68. The maximum Gasteiger partial charge on any atom is 0.196 e. The Balaban J connectivity index is 1.83. The lowest BCUT2D eigenvalue weighted by Crippen LogP contribution is -2.37. The molecule has 2 nitrogen and oxygen atoms in total. The molecule has 0 fully saturated rings. The van der Waals surface area contributed by atoms with E-state index < -0.39 is 0 Å². The highest BCUT2D eigenvalue weighted by Crippen LogP contribution is 2.33. The fourth-order valence-electron chi connectivity index (χ4n) is 2.83. The van der Waals surface area contributed by atoms with Gasteiger partial charge in [-0.2, -0.15) is 0 Å². The lowest BCUT2D eigenvalue weighted by atomic mass is 9.97. The van der Waals surface area contributed by atoms with Gasteiger partial charge in [-0.15, -0.1) is 0 Å². The first-order valence-corrected chi connectivity index (χ1v) is 8.24. The highest BCUT2D eigenvalue weighted by molar-refractivity contribution is 6.01. The van der Waals surface area contributed by atoms with E-state index in [-0.39, 0.29) is 0 Å². The minimum Gasteiger partial charge on any atom is -0.456 e. The first kappa shape index (κ1) is 15.2. The molecule has 0 amide bonds. The van der Waals surface area contributed by atoms with Gasteiger partial charge in [-0.05, 0) is 35.5 Å². The van der Waals surface area contributed by atoms with Gasteiger partial charge in [-0.1, -0.05) is 60.7 Å². The van der Waals surface area contributed by atoms with E-state index in [1.54, 1.807) is 0 Å². The molecule has 1 heterocycles. The van der Waals surface area contributed by atoms with Gasteiger partial charge < -0.3 is 4.74 Å². The summed E-state index contributed by atoms with van der Waals surface area (Å²) in [7, 11) is 0. The van der Waals surface area contributed by atoms with Crippen molar-refractivity contribution >= 4 is 17.2 Å². The second-order valence-corrected chi connectivity index (χ2v) is 5.93. The molecule has 0 aromatic heterocycles. The molecule has 0 atom stereocenters. The quantitative estimate of drug-likeness (QED) is 0.898. The second-order valence-electron chi connectivity index (χ2n) is 5.93. The lowest BCUT2D eigenvalue weighted by molar-refractivity contribution is -0.110. The molecule has 120 valence electrons. The smallest absolute Gasteiger partial charge is 0.196 e. The molecule has 0 radical (unpaired) electrons. The fourth-order valence-corrected chi connectivity index (χ4v) is 2.83. The van der Waals surface area contributed by atoms with Crippen molar-refractivity contribution in [2.75, 3.05) is 0 Å². The number of benzene rings is 2. The van der Waals surface area contributed by atoms with Gasteiger partial charge in [0.15, 0.2) is 5.71 Å². The molecule has 2 aromatic rings. The average molecular weight is 324 g/mol. The third-order valence-corrected chi connectivity index (χ3v) is 4.15. The standard InChI is InChI=1S/C23H17NO/c24-21-13-11-17(12-14-21)20-15-22(18-7-3-1-4-8-18)25-23(16-20)19-9-5-2-6-10-19/h1-16,24H/p+1. The molecular formula is C23H18NO+. The van der Waals surface area contributed by atoms with Gasteiger partial charge in [0.05, 0.1) is 0 Å². The summed E-state index contributed by atoms with van der Waals surface area (Å²) < 4.78 is 6.21. The third-order valence-electron chi connectivity index (χ3n) is 4.15. The summed E-state index contributed by atoms with van der Waals surface area (Å²) in [6.45, 7) is 0. The monoisotopic (exact) mass is 324 g/mol. The molecule has 0 bridgehead atoms. The van der Waals surface area contributed by atoms with Gasteiger partial charge in [0, 0.05) is 23.3 Å². The normalized spacial score (nSPS) is 16.4. The number of rotatable bonds is 2. The average Bonchev–Trinajstić information content (AvgIpc) is 2.69. The largest absolute Gasteiger partial charge is 0.456 e. The molecule has 0 unspecified atom stereocenters. The molecule has 0 spiro atoms. The van der Waals surface area contributed by atoms with E-state index in [1.165, 1.54) is 0 Å². The Hall–Kier alpha value is -3.39. The summed E-state index contributed by atoms with van der Waals surface area (Å²) in [6, 6.07) is 20.3. The summed E-state index contributed by atoms with van der Waals surface area (Å²) in [5, 5.41) is 5.83. The van der Waals surface area contributed by atoms with Crippen molar-refractivity contribution in [3.8, 4) is 0 Å². The zero-order chi connectivity index (χ0) is 17.1. The zero-order valence-corrected chi connectivity index (χ0v) is 13.7. The molecule has 1 aliphatic heterocycles. The van der Waals surface area contributed by atoms with Crippen LogP contribution in [0.15, 0.2) is 108 Å². The van der Waals surface area contributed by atoms with Crippen molar-refractivity contribution in [1.29, 1.82) is 0 Å². The van der Waals surface area contributed by atoms with Crippen LogP contribution in [0.2, 0.25) is 0 Å². The first-order chi connectivity index (χ1) is 12.3. The van der Waals surface area contributed by atoms with Crippen molar-refractivity contribution in [2.24, 2.45) is 0 Å². The van der Waals surface area contributed by atoms with Crippen molar-refractivity contribution in [1.82, 2.24) is 0 Å². The highest BCUT2D eigenvalue weighted by atomic mass is 16.5. The van der Waals surface area contributed by atoms with E-state index in [4.69, 9.17) is 10.1 Å². The molecule has 2 heteroatoms. The van der Waals surface area contributed by atoms with Gasteiger partial charge in [-0.25, -0.2) is 0 Å². The van der Waals surface area contributed by atoms with Crippen LogP contribution in [0.1, 0.15) is 11.1 Å². The van der Waals surface area contributed by atoms with E-state index in [1.807, 2.05) is 60.7 Å². The van der Waals surface area contributed by atoms with Crippen LogP contribution in [0.25, 0.3) is 11.5 Å². The number of allylic oxidation sites excluding steroid dienone is 8. The van der Waals surface area contributed by atoms with E-state index in [0.29, 0.717) is 0 Å². The maximum absolute atomic E-state index is 6.21. The second kappa shape index (κ2) is 6.62. The van der Waals surface area contributed by atoms with Gasteiger partial charge in [0.25, 0.3) is 0 Å². The van der Waals surface area contributed by atoms with Gasteiger partial charge >= 0.3 is 0 Å². The van der Waals surface area contributed by atoms with Crippen LogP contribution in [0.4, 0.5) is 0 Å². The predicted molar refractivity (Wildman–Crippen MR) is 102 cm³/mol. The van der Waals surface area contributed by atoms with E-state index in [2.05, 4.69) is 36.4 Å². The molecule has 25 heavy (non-hydrogen) atoms. The molecule has 2 aliphatic rings. The molecule has 0 saturated heterocycles. The Kier molecular flexibility index (Phi) is 4.01. The number of ether oxygens (including phenoxy) is 1. The van der Waals surface area contributed by atoms with Crippen molar-refractivity contribution < 1.29 is 10.1 Å². The number of hydrogen-bond acceptors (Lipinski definition) is 1. The minimum absolute atomic E-state index is 0.760. The number of hydrogen-bond donors (Lipinski definition) is 1. The van der Waals surface area contributed by atoms with Crippen molar-refractivity contribution in [3.63, 3.8) is 0 Å². The van der Waals surface area contributed by atoms with E-state index >= 15 is 0 Å². The summed E-state index contributed by atoms with van der Waals surface area (Å²) in [6.07, 6.45) is 12.1. The van der Waals surface area contributed by atoms with Crippen molar-refractivity contribution in [3.05, 3.63) is 119 Å². The zero-order valence-electron chi connectivity index (χ0n) is 13.7. The topological polar surface area (TPSA) is 34.8 Å². The summed E-state index contributed by atoms with van der Waals surface area (Å²) in [5.41, 5.74) is 5.08. The fraction of sp³-hybridized carbons (Fsp3) is 0. The molecule has 4 rings (SSSR count). The van der Waals surface area contributed by atoms with Crippen molar-refractivity contribution in [2.45, 2.75) is 0 Å². The Morgan fingerprint density at radius 3 is 1.52 bits per heavy atom. The van der Waals surface area contributed by atoms with Gasteiger partial charge in [-0.3, -0.25) is 5.41 Å². The summed E-state index contributed by atoms with van der Waals surface area (Å²) in [4.78, 5) is 0. The first-order valence-electron chi connectivity index (χ1n) is 8.24. The molecule has 2 aromatic carbocycles. The van der Waals surface area contributed by atoms with E-state index in [0.717, 1.165) is 39.5 Å².